The van der Waals surface area contributed by atoms with E-state index in [9.17, 15) is 19.5 Å². The number of nitrogens with zero attached hydrogens (tertiary/aromatic N) is 2. The van der Waals surface area contributed by atoms with Gasteiger partial charge < -0.3 is 29.7 Å². The summed E-state index contributed by atoms with van der Waals surface area (Å²) in [5.41, 5.74) is -0.515. The van der Waals surface area contributed by atoms with Crippen LogP contribution in [0.3, 0.4) is 0 Å². The minimum atomic E-state index is -0.979. The van der Waals surface area contributed by atoms with E-state index in [1.54, 1.807) is 6.08 Å². The Kier molecular flexibility index (Phi) is 7.00. The zero-order chi connectivity index (χ0) is 28.4. The topological polar surface area (TPSA) is 108 Å². The van der Waals surface area contributed by atoms with Crippen molar-refractivity contribution in [2.45, 2.75) is 89.9 Å². The molecular formula is C31H47N3O6. The lowest BCUT2D eigenvalue weighted by molar-refractivity contribution is -0.206. The lowest BCUT2D eigenvalue weighted by Gasteiger charge is -2.64. The van der Waals surface area contributed by atoms with E-state index in [1.807, 2.05) is 16.8 Å². The molecule has 5 fully saturated rings. The molecule has 9 atom stereocenters. The maximum absolute atomic E-state index is 13.3. The molecule has 2 amide bonds. The van der Waals surface area contributed by atoms with Gasteiger partial charge in [0, 0.05) is 70.0 Å². The Morgan fingerprint density at radius 2 is 1.88 bits per heavy atom. The maximum Gasteiger partial charge on any atom is 0.331 e. The quantitative estimate of drug-likeness (QED) is 0.514. The van der Waals surface area contributed by atoms with Crippen LogP contribution in [-0.4, -0.2) is 90.5 Å². The van der Waals surface area contributed by atoms with Gasteiger partial charge in [0.15, 0.2) is 0 Å². The standard InChI is InChI=1S/C31H47N3O6/c1-19(35)40-25-17-31(38)24-6-5-21-16-22(33(4)28(37)34-13-11-32-12-14-34)7-9-29(21,2)23(24)8-10-30(31,3)27(25)20-15-26(36)39-18-20/h15,21-25,27,32,38H,5-14,16-18H2,1-4H3/t21-,22?,23+,24-,25+,27+,29+,30-,31+/m1/s1. The van der Waals surface area contributed by atoms with Gasteiger partial charge in [0.1, 0.15) is 12.7 Å². The molecule has 0 aromatic carbocycles. The molecule has 0 spiro atoms. The summed E-state index contributed by atoms with van der Waals surface area (Å²) in [6.07, 6.45) is 8.39. The van der Waals surface area contributed by atoms with Gasteiger partial charge in [0.05, 0.1) is 5.60 Å². The van der Waals surface area contributed by atoms with E-state index in [0.717, 1.165) is 76.7 Å². The molecular weight excluding hydrogens is 510 g/mol. The third-order valence-corrected chi connectivity index (χ3v) is 12.5. The lowest BCUT2D eigenvalue weighted by atomic mass is 9.43. The minimum Gasteiger partial charge on any atom is -0.462 e. The van der Waals surface area contributed by atoms with E-state index in [0.29, 0.717) is 18.3 Å². The number of aliphatic hydroxyl groups is 1. The fourth-order valence-corrected chi connectivity index (χ4v) is 10.3. The molecule has 222 valence electrons. The second kappa shape index (κ2) is 10.0. The molecule has 6 aliphatic rings. The number of nitrogens with one attached hydrogen (secondary N) is 1. The first-order valence-electron chi connectivity index (χ1n) is 15.5. The van der Waals surface area contributed by atoms with Crippen molar-refractivity contribution in [2.24, 2.45) is 34.5 Å². The number of carbonyl (C=O) groups is 3. The number of carbonyl (C=O) groups excluding carboxylic acids is 3. The van der Waals surface area contributed by atoms with Crippen LogP contribution in [0.15, 0.2) is 11.6 Å². The summed E-state index contributed by atoms with van der Waals surface area (Å²) in [5, 5.41) is 16.0. The van der Waals surface area contributed by atoms with Crippen molar-refractivity contribution in [1.82, 2.24) is 15.1 Å². The average molecular weight is 558 g/mol. The van der Waals surface area contributed by atoms with Crippen LogP contribution < -0.4 is 5.32 Å². The number of ether oxygens (including phenoxy) is 2. The lowest BCUT2D eigenvalue weighted by Crippen LogP contribution is -2.63. The molecule has 1 saturated heterocycles. The van der Waals surface area contributed by atoms with E-state index in [1.165, 1.54) is 6.92 Å². The normalized spacial score (nSPS) is 44.6. The van der Waals surface area contributed by atoms with E-state index in [-0.39, 0.29) is 47.9 Å². The van der Waals surface area contributed by atoms with Gasteiger partial charge in [-0.25, -0.2) is 9.59 Å². The number of fused-ring (bicyclic) bond motifs is 5. The van der Waals surface area contributed by atoms with E-state index in [2.05, 4.69) is 19.2 Å². The van der Waals surface area contributed by atoms with Gasteiger partial charge in [-0.3, -0.25) is 4.79 Å². The number of urea groups is 1. The smallest absolute Gasteiger partial charge is 0.331 e. The molecule has 1 unspecified atom stereocenters. The van der Waals surface area contributed by atoms with Gasteiger partial charge in [0.2, 0.25) is 0 Å². The Morgan fingerprint density at radius 1 is 1.12 bits per heavy atom. The summed E-state index contributed by atoms with van der Waals surface area (Å²) in [6.45, 7) is 9.48. The fourth-order valence-electron chi connectivity index (χ4n) is 10.3. The highest BCUT2D eigenvalue weighted by Crippen LogP contribution is 2.70. The first-order valence-corrected chi connectivity index (χ1v) is 15.5. The summed E-state index contributed by atoms with van der Waals surface area (Å²) < 4.78 is 11.1. The Bertz CT molecular complexity index is 1090. The summed E-state index contributed by atoms with van der Waals surface area (Å²) >= 11 is 0. The van der Waals surface area contributed by atoms with Gasteiger partial charge in [-0.15, -0.1) is 0 Å². The number of piperazine rings is 1. The molecule has 2 aliphatic heterocycles. The van der Waals surface area contributed by atoms with Crippen LogP contribution in [0.4, 0.5) is 4.79 Å². The molecule has 4 saturated carbocycles. The van der Waals surface area contributed by atoms with Crippen LogP contribution in [0, 0.1) is 34.5 Å². The molecule has 40 heavy (non-hydrogen) atoms. The number of esters is 2. The zero-order valence-corrected chi connectivity index (χ0v) is 24.6. The summed E-state index contributed by atoms with van der Waals surface area (Å²) in [5.74, 6) is 0.0900. The van der Waals surface area contributed by atoms with Gasteiger partial charge in [-0.1, -0.05) is 13.8 Å². The summed E-state index contributed by atoms with van der Waals surface area (Å²) in [7, 11) is 1.98. The van der Waals surface area contributed by atoms with Gasteiger partial charge >= 0.3 is 18.0 Å². The molecule has 9 nitrogen and oxygen atoms in total. The minimum absolute atomic E-state index is 0.107. The van der Waals surface area contributed by atoms with Crippen LogP contribution >= 0.6 is 0 Å². The van der Waals surface area contributed by atoms with Gasteiger partial charge in [0.25, 0.3) is 0 Å². The van der Waals surface area contributed by atoms with Gasteiger partial charge in [-0.2, -0.15) is 0 Å². The first kappa shape index (κ1) is 28.0. The van der Waals surface area contributed by atoms with Crippen molar-refractivity contribution in [3.63, 3.8) is 0 Å². The Labute approximate surface area is 238 Å². The van der Waals surface area contributed by atoms with Crippen molar-refractivity contribution < 1.29 is 29.0 Å². The van der Waals surface area contributed by atoms with Crippen molar-refractivity contribution in [3.8, 4) is 0 Å². The predicted molar refractivity (Wildman–Crippen MR) is 148 cm³/mol. The van der Waals surface area contributed by atoms with Crippen molar-refractivity contribution in [3.05, 3.63) is 11.6 Å². The van der Waals surface area contributed by atoms with Crippen LogP contribution in [0.1, 0.15) is 72.1 Å². The highest BCUT2D eigenvalue weighted by atomic mass is 16.5. The SMILES string of the molecule is CC(=O)O[C@H]1C[C@]2(O)[C@@H]3CC[C@@H]4CC(N(C)C(=O)N5CCNCC5)CC[C@]4(C)[C@H]3CC[C@]2(C)[C@H]1C1=CC(=O)OC1. The fraction of sp³-hybridized carbons (Fsp3) is 0.839. The molecule has 0 radical (unpaired) electrons. The molecule has 4 aliphatic carbocycles. The number of hydrogen-bond acceptors (Lipinski definition) is 7. The maximum atomic E-state index is 13.3. The molecule has 0 aromatic heterocycles. The highest BCUT2D eigenvalue weighted by molar-refractivity contribution is 5.85. The summed E-state index contributed by atoms with van der Waals surface area (Å²) in [6, 6.07) is 0.411. The largest absolute Gasteiger partial charge is 0.462 e. The molecule has 9 heteroatoms. The van der Waals surface area contributed by atoms with Crippen molar-refractivity contribution in [2.75, 3.05) is 39.8 Å². The van der Waals surface area contributed by atoms with Crippen LogP contribution in [0.25, 0.3) is 0 Å². The Hall–Kier alpha value is -2.13. The molecule has 6 rings (SSSR count). The number of rotatable bonds is 3. The van der Waals surface area contributed by atoms with E-state index in [4.69, 9.17) is 9.47 Å². The molecule has 0 aromatic rings. The number of hydrogen-bond donors (Lipinski definition) is 2. The highest BCUT2D eigenvalue weighted by Gasteiger charge is 2.71. The Morgan fingerprint density at radius 3 is 2.55 bits per heavy atom. The van der Waals surface area contributed by atoms with Crippen molar-refractivity contribution in [1.29, 1.82) is 0 Å². The van der Waals surface area contributed by atoms with E-state index >= 15 is 0 Å². The van der Waals surface area contributed by atoms with E-state index < -0.39 is 17.1 Å². The van der Waals surface area contributed by atoms with Crippen LogP contribution in [-0.2, 0) is 19.1 Å². The third kappa shape index (κ3) is 4.20. The second-order valence-corrected chi connectivity index (χ2v) is 14.1. The third-order valence-electron chi connectivity index (χ3n) is 12.5. The van der Waals surface area contributed by atoms with Crippen LogP contribution in [0.2, 0.25) is 0 Å². The first-order chi connectivity index (χ1) is 19.0. The Balaban J connectivity index is 1.22. The molecule has 0 bridgehead atoms. The summed E-state index contributed by atoms with van der Waals surface area (Å²) in [4.78, 5) is 41.4. The monoisotopic (exact) mass is 557 g/mol. The van der Waals surface area contributed by atoms with Crippen molar-refractivity contribution >= 4 is 18.0 Å². The molecule has 2 N–H and O–H groups in total. The number of cyclic esters (lactones) is 1. The second-order valence-electron chi connectivity index (χ2n) is 14.1. The molecule has 2 heterocycles. The predicted octanol–water partition coefficient (Wildman–Crippen LogP) is 3.11. The number of amides is 2. The zero-order valence-electron chi connectivity index (χ0n) is 24.6. The average Bonchev–Trinajstić information content (AvgIpc) is 3.44. The van der Waals surface area contributed by atoms with Crippen LogP contribution in [0.5, 0.6) is 0 Å². The van der Waals surface area contributed by atoms with Gasteiger partial charge in [-0.05, 0) is 73.7 Å².